The molecule has 0 unspecified atom stereocenters. The van der Waals surface area contributed by atoms with Crippen LogP contribution in [0, 0.1) is 0 Å². The SMILES string of the molecule is O=C(CCc1ccc2c(c1)c(CCc1ccccc1)cn2-c1ccc(O)cc1)NOCc1ccccc1. The number of carbonyl (C=O) groups excluding carboxylic acids is 1. The Bertz CT molecular complexity index is 1460. The second-order valence-electron chi connectivity index (χ2n) is 9.18. The molecule has 5 aromatic rings. The van der Waals surface area contributed by atoms with Gasteiger partial charge in [0.15, 0.2) is 0 Å². The first-order valence-electron chi connectivity index (χ1n) is 12.6. The number of rotatable bonds is 10. The van der Waals surface area contributed by atoms with Gasteiger partial charge in [0.05, 0.1) is 12.1 Å². The number of hydrogen-bond acceptors (Lipinski definition) is 3. The van der Waals surface area contributed by atoms with Crippen molar-refractivity contribution in [2.75, 3.05) is 0 Å². The maximum absolute atomic E-state index is 12.4. The van der Waals surface area contributed by atoms with Gasteiger partial charge in [-0.15, -0.1) is 0 Å². The third kappa shape index (κ3) is 6.26. The molecule has 0 saturated carbocycles. The maximum Gasteiger partial charge on any atom is 0.243 e. The summed E-state index contributed by atoms with van der Waals surface area (Å²) >= 11 is 0. The minimum Gasteiger partial charge on any atom is -0.508 e. The van der Waals surface area contributed by atoms with Gasteiger partial charge in [-0.1, -0.05) is 66.7 Å². The summed E-state index contributed by atoms with van der Waals surface area (Å²) in [5.41, 5.74) is 9.33. The van der Waals surface area contributed by atoms with Crippen LogP contribution in [0.2, 0.25) is 0 Å². The molecular formula is C32H30N2O3. The highest BCUT2D eigenvalue weighted by Gasteiger charge is 2.12. The van der Waals surface area contributed by atoms with Crippen molar-refractivity contribution in [3.63, 3.8) is 0 Å². The average molecular weight is 491 g/mol. The van der Waals surface area contributed by atoms with Crippen LogP contribution in [0.5, 0.6) is 5.75 Å². The van der Waals surface area contributed by atoms with Gasteiger partial charge in [0.1, 0.15) is 5.75 Å². The highest BCUT2D eigenvalue weighted by Crippen LogP contribution is 2.28. The number of nitrogens with one attached hydrogen (secondary N) is 1. The first-order valence-corrected chi connectivity index (χ1v) is 12.6. The predicted octanol–water partition coefficient (Wildman–Crippen LogP) is 6.30. The highest BCUT2D eigenvalue weighted by atomic mass is 16.6. The second-order valence-corrected chi connectivity index (χ2v) is 9.18. The van der Waals surface area contributed by atoms with Crippen molar-refractivity contribution in [3.05, 3.63) is 132 Å². The molecule has 5 nitrogen and oxygen atoms in total. The van der Waals surface area contributed by atoms with Gasteiger partial charge in [-0.3, -0.25) is 9.63 Å². The van der Waals surface area contributed by atoms with Crippen molar-refractivity contribution in [2.45, 2.75) is 32.3 Å². The summed E-state index contributed by atoms with van der Waals surface area (Å²) in [6.07, 6.45) is 5.01. The molecule has 1 amide bonds. The van der Waals surface area contributed by atoms with Crippen LogP contribution in [0.3, 0.4) is 0 Å². The van der Waals surface area contributed by atoms with Crippen LogP contribution in [0.1, 0.15) is 28.7 Å². The monoisotopic (exact) mass is 490 g/mol. The van der Waals surface area contributed by atoms with Crippen molar-refractivity contribution < 1.29 is 14.7 Å². The van der Waals surface area contributed by atoms with Crippen LogP contribution in [0.25, 0.3) is 16.6 Å². The zero-order chi connectivity index (χ0) is 25.5. The van der Waals surface area contributed by atoms with E-state index in [4.69, 9.17) is 4.84 Å². The molecule has 0 bridgehead atoms. The Hall–Kier alpha value is -4.35. The van der Waals surface area contributed by atoms with Gasteiger partial charge in [-0.2, -0.15) is 0 Å². The summed E-state index contributed by atoms with van der Waals surface area (Å²) in [5, 5.41) is 10.9. The largest absolute Gasteiger partial charge is 0.508 e. The molecule has 0 radical (unpaired) electrons. The Kier molecular flexibility index (Phi) is 7.63. The molecule has 0 aliphatic heterocycles. The Labute approximate surface area is 216 Å². The summed E-state index contributed by atoms with van der Waals surface area (Å²) in [7, 11) is 0. The maximum atomic E-state index is 12.4. The van der Waals surface area contributed by atoms with Gasteiger partial charge in [-0.05, 0) is 77.9 Å². The molecule has 0 atom stereocenters. The van der Waals surface area contributed by atoms with Crippen molar-refractivity contribution in [1.29, 1.82) is 0 Å². The lowest BCUT2D eigenvalue weighted by Gasteiger charge is -2.08. The molecule has 0 aliphatic carbocycles. The van der Waals surface area contributed by atoms with E-state index in [1.807, 2.05) is 48.5 Å². The highest BCUT2D eigenvalue weighted by molar-refractivity contribution is 5.86. The predicted molar refractivity (Wildman–Crippen MR) is 146 cm³/mol. The number of fused-ring (bicyclic) bond motifs is 1. The van der Waals surface area contributed by atoms with Crippen LogP contribution in [0.15, 0.2) is 109 Å². The smallest absolute Gasteiger partial charge is 0.243 e. The number of hydroxylamine groups is 1. The van der Waals surface area contributed by atoms with Gasteiger partial charge in [-0.25, -0.2) is 5.48 Å². The van der Waals surface area contributed by atoms with Crippen LogP contribution in [-0.4, -0.2) is 15.6 Å². The topological polar surface area (TPSA) is 63.5 Å². The molecule has 186 valence electrons. The standard InChI is InChI=1S/C32H30N2O3/c35-29-17-15-28(16-18-29)34-22-27(14-11-24-7-3-1-4-8-24)30-21-25(12-19-31(30)34)13-20-32(36)33-37-23-26-9-5-2-6-10-26/h1-10,12,15-19,21-22,35H,11,13-14,20,23H2,(H,33,36). The van der Waals surface area contributed by atoms with Crippen LogP contribution in [-0.2, 0) is 35.5 Å². The van der Waals surface area contributed by atoms with E-state index in [1.54, 1.807) is 12.1 Å². The number of hydrogen-bond donors (Lipinski definition) is 2. The Morgan fingerprint density at radius 3 is 2.19 bits per heavy atom. The zero-order valence-electron chi connectivity index (χ0n) is 20.6. The van der Waals surface area contributed by atoms with E-state index in [0.717, 1.165) is 35.2 Å². The second kappa shape index (κ2) is 11.6. The van der Waals surface area contributed by atoms with Gasteiger partial charge in [0, 0.05) is 23.7 Å². The summed E-state index contributed by atoms with van der Waals surface area (Å²) in [4.78, 5) is 17.7. The molecule has 37 heavy (non-hydrogen) atoms. The Morgan fingerprint density at radius 1 is 0.757 bits per heavy atom. The van der Waals surface area contributed by atoms with E-state index in [-0.39, 0.29) is 11.7 Å². The number of carbonyl (C=O) groups is 1. The first kappa shape index (κ1) is 24.3. The Morgan fingerprint density at radius 2 is 1.46 bits per heavy atom. The summed E-state index contributed by atoms with van der Waals surface area (Å²) in [6, 6.07) is 33.9. The van der Waals surface area contributed by atoms with E-state index in [1.165, 1.54) is 16.5 Å². The Balaban J connectivity index is 1.31. The number of nitrogens with zero attached hydrogens (tertiary/aromatic N) is 1. The number of aromatic hydroxyl groups is 1. The molecule has 5 heteroatoms. The summed E-state index contributed by atoms with van der Waals surface area (Å²) < 4.78 is 2.17. The van der Waals surface area contributed by atoms with Crippen LogP contribution < -0.4 is 5.48 Å². The number of benzene rings is 4. The fraction of sp³-hybridized carbons (Fsp3) is 0.156. The van der Waals surface area contributed by atoms with E-state index in [2.05, 4.69) is 58.7 Å². The summed E-state index contributed by atoms with van der Waals surface area (Å²) in [5.74, 6) is 0.111. The van der Waals surface area contributed by atoms with Crippen LogP contribution >= 0.6 is 0 Å². The fourth-order valence-corrected chi connectivity index (χ4v) is 4.53. The van der Waals surface area contributed by atoms with Crippen molar-refractivity contribution in [1.82, 2.24) is 10.0 Å². The van der Waals surface area contributed by atoms with E-state index in [9.17, 15) is 9.90 Å². The minimum absolute atomic E-state index is 0.137. The number of amides is 1. The summed E-state index contributed by atoms with van der Waals surface area (Å²) in [6.45, 7) is 0.341. The molecule has 5 rings (SSSR count). The normalized spacial score (nSPS) is 11.0. The molecule has 1 heterocycles. The first-order chi connectivity index (χ1) is 18.2. The molecule has 0 saturated heterocycles. The molecule has 0 spiro atoms. The zero-order valence-corrected chi connectivity index (χ0v) is 20.6. The lowest BCUT2D eigenvalue weighted by molar-refractivity contribution is -0.134. The third-order valence-corrected chi connectivity index (χ3v) is 6.51. The van der Waals surface area contributed by atoms with Gasteiger partial charge in [0.2, 0.25) is 5.91 Å². The molecule has 1 aromatic heterocycles. The molecule has 0 fully saturated rings. The van der Waals surface area contributed by atoms with Crippen molar-refractivity contribution in [2.24, 2.45) is 0 Å². The number of phenolic OH excluding ortho intramolecular Hbond substituents is 1. The molecular weight excluding hydrogens is 460 g/mol. The molecule has 4 aromatic carbocycles. The van der Waals surface area contributed by atoms with Gasteiger partial charge in [0.25, 0.3) is 0 Å². The van der Waals surface area contributed by atoms with Crippen molar-refractivity contribution >= 4 is 16.8 Å². The average Bonchev–Trinajstić information content (AvgIpc) is 3.30. The quantitative estimate of drug-likeness (QED) is 0.226. The van der Waals surface area contributed by atoms with Crippen LogP contribution in [0.4, 0.5) is 0 Å². The third-order valence-electron chi connectivity index (χ3n) is 6.51. The molecule has 2 N–H and O–H groups in total. The fourth-order valence-electron chi connectivity index (χ4n) is 4.53. The number of aryl methyl sites for hydroxylation is 3. The lowest BCUT2D eigenvalue weighted by Crippen LogP contribution is -2.23. The minimum atomic E-state index is -0.137. The van der Waals surface area contributed by atoms with Gasteiger partial charge < -0.3 is 9.67 Å². The molecule has 0 aliphatic rings. The van der Waals surface area contributed by atoms with E-state index in [0.29, 0.717) is 19.4 Å². The van der Waals surface area contributed by atoms with E-state index >= 15 is 0 Å². The number of phenols is 1. The van der Waals surface area contributed by atoms with Crippen molar-refractivity contribution in [3.8, 4) is 11.4 Å². The van der Waals surface area contributed by atoms with E-state index < -0.39 is 0 Å². The van der Waals surface area contributed by atoms with Gasteiger partial charge >= 0.3 is 0 Å². The lowest BCUT2D eigenvalue weighted by atomic mass is 10.0. The number of aromatic nitrogens is 1.